The van der Waals surface area contributed by atoms with E-state index in [2.05, 4.69) is 42.3 Å². The van der Waals surface area contributed by atoms with E-state index in [1.165, 1.54) is 154 Å². The van der Waals surface area contributed by atoms with Gasteiger partial charge in [0.05, 0.1) is 13.1 Å². The third-order valence-electron chi connectivity index (χ3n) is 7.10. The minimum absolute atomic E-state index is 1.22. The zero-order valence-electron chi connectivity index (χ0n) is 22.5. The monoisotopic (exact) mass is 447 g/mol. The summed E-state index contributed by atoms with van der Waals surface area (Å²) in [5.74, 6) is 1.60. The Morgan fingerprint density at radius 3 is 1.50 bits per heavy atom. The predicted octanol–water partition coefficient (Wildman–Crippen LogP) is 9.57. The molecule has 188 valence electrons. The van der Waals surface area contributed by atoms with Gasteiger partial charge >= 0.3 is 0 Å². The van der Waals surface area contributed by atoms with Crippen molar-refractivity contribution in [3.05, 3.63) is 18.2 Å². The number of nitrogens with zero attached hydrogens (tertiary/aromatic N) is 2. The van der Waals surface area contributed by atoms with Gasteiger partial charge in [-0.15, -0.1) is 0 Å². The SMILES string of the molecule is CCCCCCCCCCCCCCn1cc[n+](CCCCCC)c1CCCCCCC. The van der Waals surface area contributed by atoms with Crippen LogP contribution in [0, 0.1) is 0 Å². The van der Waals surface area contributed by atoms with Crippen molar-refractivity contribution in [1.29, 1.82) is 0 Å². The van der Waals surface area contributed by atoms with Crippen molar-refractivity contribution in [2.75, 3.05) is 0 Å². The summed E-state index contributed by atoms with van der Waals surface area (Å²) in [6.45, 7) is 9.36. The number of unbranched alkanes of at least 4 members (excludes halogenated alkanes) is 18. The van der Waals surface area contributed by atoms with Crippen LogP contribution in [0.1, 0.15) is 161 Å². The maximum Gasteiger partial charge on any atom is 0.256 e. The lowest BCUT2D eigenvalue weighted by molar-refractivity contribution is -0.704. The van der Waals surface area contributed by atoms with Crippen LogP contribution in [0.5, 0.6) is 0 Å². The van der Waals surface area contributed by atoms with E-state index in [1.807, 2.05) is 0 Å². The predicted molar refractivity (Wildman–Crippen MR) is 142 cm³/mol. The Balaban J connectivity index is 2.25. The molecule has 0 aliphatic carbocycles. The van der Waals surface area contributed by atoms with Gasteiger partial charge in [0.15, 0.2) is 0 Å². The fourth-order valence-electron chi connectivity index (χ4n) is 4.91. The number of rotatable bonds is 24. The Morgan fingerprint density at radius 1 is 0.531 bits per heavy atom. The minimum Gasteiger partial charge on any atom is -0.234 e. The van der Waals surface area contributed by atoms with Crippen LogP contribution in [0.2, 0.25) is 0 Å². The molecule has 1 rings (SSSR count). The molecule has 2 nitrogen and oxygen atoms in total. The fraction of sp³-hybridized carbons (Fsp3) is 0.900. The molecule has 0 atom stereocenters. The van der Waals surface area contributed by atoms with E-state index in [0.29, 0.717) is 0 Å². The third-order valence-corrected chi connectivity index (χ3v) is 7.10. The van der Waals surface area contributed by atoms with Gasteiger partial charge in [-0.3, -0.25) is 0 Å². The van der Waals surface area contributed by atoms with Crippen molar-refractivity contribution >= 4 is 0 Å². The van der Waals surface area contributed by atoms with Crippen LogP contribution in [-0.2, 0) is 19.5 Å². The van der Waals surface area contributed by atoms with Crippen molar-refractivity contribution < 1.29 is 4.57 Å². The van der Waals surface area contributed by atoms with Gasteiger partial charge in [0.2, 0.25) is 0 Å². The van der Waals surface area contributed by atoms with Gasteiger partial charge in [-0.2, -0.15) is 0 Å². The van der Waals surface area contributed by atoms with Gasteiger partial charge in [0.25, 0.3) is 5.82 Å². The maximum atomic E-state index is 2.59. The van der Waals surface area contributed by atoms with Crippen molar-refractivity contribution in [3.63, 3.8) is 0 Å². The summed E-state index contributed by atoms with van der Waals surface area (Å²) in [6.07, 6.45) is 35.5. The van der Waals surface area contributed by atoms with E-state index < -0.39 is 0 Å². The number of hydrogen-bond donors (Lipinski definition) is 0. The third kappa shape index (κ3) is 15.1. The van der Waals surface area contributed by atoms with E-state index in [1.54, 1.807) is 5.82 Å². The first-order valence-corrected chi connectivity index (χ1v) is 14.9. The van der Waals surface area contributed by atoms with Crippen LogP contribution in [0.15, 0.2) is 12.4 Å². The van der Waals surface area contributed by atoms with Gasteiger partial charge < -0.3 is 0 Å². The molecule has 2 heteroatoms. The first-order valence-electron chi connectivity index (χ1n) is 14.9. The van der Waals surface area contributed by atoms with E-state index in [-0.39, 0.29) is 0 Å². The van der Waals surface area contributed by atoms with Gasteiger partial charge in [0.1, 0.15) is 12.4 Å². The molecule has 32 heavy (non-hydrogen) atoms. The molecule has 0 aromatic carbocycles. The minimum atomic E-state index is 1.22. The molecule has 0 N–H and O–H groups in total. The average Bonchev–Trinajstić information content (AvgIpc) is 3.18. The van der Waals surface area contributed by atoms with Gasteiger partial charge in [-0.05, 0) is 32.1 Å². The molecule has 0 saturated heterocycles. The smallest absolute Gasteiger partial charge is 0.234 e. The van der Waals surface area contributed by atoms with Gasteiger partial charge in [-0.25, -0.2) is 9.13 Å². The Hall–Kier alpha value is -0.790. The molecule has 0 aliphatic rings. The lowest BCUT2D eigenvalue weighted by Crippen LogP contribution is -2.37. The molecule has 1 heterocycles. The second kappa shape index (κ2) is 22.0. The summed E-state index contributed by atoms with van der Waals surface area (Å²) in [5, 5.41) is 0. The molecule has 1 aromatic heterocycles. The van der Waals surface area contributed by atoms with E-state index in [9.17, 15) is 0 Å². The number of aromatic nitrogens is 2. The average molecular weight is 448 g/mol. The molecule has 0 aliphatic heterocycles. The van der Waals surface area contributed by atoms with Crippen LogP contribution in [0.25, 0.3) is 0 Å². The molecular formula is C30H59N2+. The van der Waals surface area contributed by atoms with Crippen LogP contribution in [-0.4, -0.2) is 4.57 Å². The maximum absolute atomic E-state index is 2.59. The van der Waals surface area contributed by atoms with Crippen molar-refractivity contribution in [2.45, 2.75) is 175 Å². The molecular weight excluding hydrogens is 388 g/mol. The summed E-state index contributed by atoms with van der Waals surface area (Å²) in [7, 11) is 0. The molecule has 0 amide bonds. The van der Waals surface area contributed by atoms with Crippen LogP contribution < -0.4 is 4.57 Å². The van der Waals surface area contributed by atoms with Crippen molar-refractivity contribution in [2.24, 2.45) is 0 Å². The Labute approximate surface area is 202 Å². The number of hydrogen-bond acceptors (Lipinski definition) is 0. The van der Waals surface area contributed by atoms with E-state index in [0.717, 1.165) is 0 Å². The first-order chi connectivity index (χ1) is 15.8. The van der Waals surface area contributed by atoms with Crippen molar-refractivity contribution in [1.82, 2.24) is 4.57 Å². The molecule has 0 bridgehead atoms. The van der Waals surface area contributed by atoms with Crippen LogP contribution in [0.3, 0.4) is 0 Å². The molecule has 0 radical (unpaired) electrons. The summed E-state index contributed by atoms with van der Waals surface area (Å²) in [6, 6.07) is 0. The second-order valence-electron chi connectivity index (χ2n) is 10.2. The fourth-order valence-corrected chi connectivity index (χ4v) is 4.91. The van der Waals surface area contributed by atoms with Crippen LogP contribution >= 0.6 is 0 Å². The molecule has 0 saturated carbocycles. The zero-order valence-corrected chi connectivity index (χ0v) is 22.5. The zero-order chi connectivity index (χ0) is 23.1. The Morgan fingerprint density at radius 2 is 0.969 bits per heavy atom. The molecule has 0 unspecified atom stereocenters. The quantitative estimate of drug-likeness (QED) is 0.110. The highest BCUT2D eigenvalue weighted by Gasteiger charge is 2.16. The highest BCUT2D eigenvalue weighted by molar-refractivity contribution is 4.84. The Kier molecular flexibility index (Phi) is 20.1. The first kappa shape index (κ1) is 29.2. The molecule has 1 aromatic rings. The van der Waals surface area contributed by atoms with Gasteiger partial charge in [-0.1, -0.05) is 124 Å². The van der Waals surface area contributed by atoms with Crippen molar-refractivity contribution in [3.8, 4) is 0 Å². The summed E-state index contributed by atoms with van der Waals surface area (Å²) < 4.78 is 5.17. The summed E-state index contributed by atoms with van der Waals surface area (Å²) >= 11 is 0. The normalized spacial score (nSPS) is 11.5. The topological polar surface area (TPSA) is 8.81 Å². The molecule has 0 spiro atoms. The van der Waals surface area contributed by atoms with E-state index >= 15 is 0 Å². The number of imidazole rings is 1. The number of aryl methyl sites for hydroxylation is 2. The summed E-state index contributed by atoms with van der Waals surface area (Å²) in [5.41, 5.74) is 0. The largest absolute Gasteiger partial charge is 0.256 e. The summed E-state index contributed by atoms with van der Waals surface area (Å²) in [4.78, 5) is 0. The Bertz CT molecular complexity index is 505. The lowest BCUT2D eigenvalue weighted by Gasteiger charge is -2.07. The van der Waals surface area contributed by atoms with Gasteiger partial charge in [0, 0.05) is 6.42 Å². The van der Waals surface area contributed by atoms with Crippen LogP contribution in [0.4, 0.5) is 0 Å². The second-order valence-corrected chi connectivity index (χ2v) is 10.2. The lowest BCUT2D eigenvalue weighted by atomic mass is 10.1. The highest BCUT2D eigenvalue weighted by atomic mass is 15.1. The highest BCUT2D eigenvalue weighted by Crippen LogP contribution is 2.13. The van der Waals surface area contributed by atoms with E-state index in [4.69, 9.17) is 0 Å². The molecule has 0 fully saturated rings. The standard InChI is InChI=1S/C30H59N2/c1-4-7-10-13-14-15-16-17-18-19-21-24-27-32-29-28-31(26-23-12-9-6-3)30(32)25-22-20-11-8-5-2/h28-29H,4-27H2,1-3H3/q+1.